The Bertz CT molecular complexity index is 1060. The molecule has 4 rings (SSSR count). The van der Waals surface area contributed by atoms with Crippen LogP contribution in [0.25, 0.3) is 10.4 Å². The van der Waals surface area contributed by atoms with Crippen LogP contribution in [0, 0.1) is 20.8 Å². The van der Waals surface area contributed by atoms with E-state index in [0.29, 0.717) is 5.76 Å². The van der Waals surface area contributed by atoms with E-state index in [9.17, 15) is 4.79 Å². The van der Waals surface area contributed by atoms with Gasteiger partial charge in [0, 0.05) is 28.6 Å². The Kier molecular flexibility index (Phi) is 3.80. The zero-order chi connectivity index (χ0) is 18.6. The molecule has 1 aliphatic heterocycles. The monoisotopic (exact) mass is 369 g/mol. The summed E-state index contributed by atoms with van der Waals surface area (Å²) in [4.78, 5) is 18.8. The molecule has 0 spiro atoms. The number of nitrogens with two attached hydrogens (primary N) is 1. The minimum atomic E-state index is -0.514. The third-order valence-electron chi connectivity index (χ3n) is 4.68. The van der Waals surface area contributed by atoms with Crippen molar-refractivity contribution in [1.29, 1.82) is 0 Å². The van der Waals surface area contributed by atoms with E-state index in [1.807, 2.05) is 26.2 Å². The zero-order valence-corrected chi connectivity index (χ0v) is 15.8. The van der Waals surface area contributed by atoms with Crippen LogP contribution < -0.4 is 5.73 Å². The van der Waals surface area contributed by atoms with Gasteiger partial charge in [0.15, 0.2) is 5.76 Å². The second-order valence-corrected chi connectivity index (χ2v) is 7.76. The minimum Gasteiger partial charge on any atom is -0.370 e. The minimum absolute atomic E-state index is 0.0605. The number of fused-ring (bicyclic) bond motifs is 3. The van der Waals surface area contributed by atoms with Crippen molar-refractivity contribution in [2.75, 3.05) is 0 Å². The van der Waals surface area contributed by atoms with Crippen LogP contribution >= 0.6 is 11.3 Å². The van der Waals surface area contributed by atoms with Gasteiger partial charge in [0.25, 0.3) is 0 Å². The van der Waals surface area contributed by atoms with Crippen molar-refractivity contribution < 1.29 is 9.32 Å². The number of aliphatic imine (C=N–C) groups is 1. The van der Waals surface area contributed by atoms with Crippen molar-refractivity contribution >= 4 is 23.0 Å². The average Bonchev–Trinajstić information content (AvgIpc) is 3.21. The summed E-state index contributed by atoms with van der Waals surface area (Å²) in [6, 6.07) is 1.41. The van der Waals surface area contributed by atoms with Crippen LogP contribution in [0.15, 0.2) is 21.8 Å². The quantitative estimate of drug-likeness (QED) is 0.767. The number of thiophene rings is 1. The summed E-state index contributed by atoms with van der Waals surface area (Å²) >= 11 is 1.69. The smallest absolute Gasteiger partial charge is 0.220 e. The van der Waals surface area contributed by atoms with Crippen molar-refractivity contribution in [3.63, 3.8) is 0 Å². The largest absolute Gasteiger partial charge is 0.370 e. The second-order valence-electron chi connectivity index (χ2n) is 6.53. The fraction of sp³-hybridized carbons (Fsp3) is 0.333. The van der Waals surface area contributed by atoms with E-state index in [0.717, 1.165) is 38.7 Å². The van der Waals surface area contributed by atoms with E-state index in [1.54, 1.807) is 16.0 Å². The molecule has 1 atom stereocenters. The first-order valence-corrected chi connectivity index (χ1v) is 9.11. The molecule has 4 heterocycles. The molecule has 1 amide bonds. The summed E-state index contributed by atoms with van der Waals surface area (Å²) in [5.74, 6) is 0.159. The van der Waals surface area contributed by atoms with Crippen LogP contribution in [-0.4, -0.2) is 26.6 Å². The highest BCUT2D eigenvalue weighted by atomic mass is 32.1. The molecule has 0 radical (unpaired) electrons. The summed E-state index contributed by atoms with van der Waals surface area (Å²) < 4.78 is 7.33. The average molecular weight is 369 g/mol. The number of primary amides is 1. The van der Waals surface area contributed by atoms with Crippen molar-refractivity contribution in [2.45, 2.75) is 33.2 Å². The number of amides is 1. The Morgan fingerprint density at radius 1 is 1.35 bits per heavy atom. The first-order chi connectivity index (χ1) is 12.4. The van der Waals surface area contributed by atoms with Gasteiger partial charge in [-0.25, -0.2) is 0 Å². The number of aryl methyl sites for hydroxylation is 3. The molecule has 3 aromatic heterocycles. The second kappa shape index (κ2) is 5.91. The van der Waals surface area contributed by atoms with Crippen LogP contribution in [0.1, 0.15) is 45.6 Å². The van der Waals surface area contributed by atoms with Crippen molar-refractivity contribution in [1.82, 2.24) is 14.9 Å². The van der Waals surface area contributed by atoms with Gasteiger partial charge < -0.3 is 10.3 Å². The van der Waals surface area contributed by atoms with Crippen LogP contribution in [0.4, 0.5) is 0 Å². The van der Waals surface area contributed by atoms with E-state index in [1.165, 1.54) is 4.88 Å². The summed E-state index contributed by atoms with van der Waals surface area (Å²) in [5.41, 5.74) is 10.9. The van der Waals surface area contributed by atoms with Gasteiger partial charge in [-0.15, -0.1) is 11.3 Å². The molecule has 3 aromatic rings. The lowest BCUT2D eigenvalue weighted by molar-refractivity contribution is -0.118. The first-order valence-electron chi connectivity index (χ1n) is 8.29. The Morgan fingerprint density at radius 2 is 2.12 bits per heavy atom. The van der Waals surface area contributed by atoms with Gasteiger partial charge in [-0.1, -0.05) is 5.16 Å². The molecule has 0 bridgehead atoms. The molecule has 1 unspecified atom stereocenters. The molecule has 134 valence electrons. The van der Waals surface area contributed by atoms with Gasteiger partial charge in [0.2, 0.25) is 5.91 Å². The number of carbonyl (C=O) groups is 1. The summed E-state index contributed by atoms with van der Waals surface area (Å²) in [6.45, 7) is 6.08. The standard InChI is InChI=1S/C18H19N5O2S/c1-8-10(3)26-18-14(8)16(11-5-6-23(4)21-11)20-12(7-13(19)24)17-15(18)9(2)22-25-17/h5-6,12H,7H2,1-4H3,(H2,19,24). The third kappa shape index (κ3) is 2.48. The topological polar surface area (TPSA) is 99.3 Å². The highest BCUT2D eigenvalue weighted by Crippen LogP contribution is 2.46. The number of nitrogens with zero attached hydrogens (tertiary/aromatic N) is 4. The fourth-order valence-electron chi connectivity index (χ4n) is 3.32. The van der Waals surface area contributed by atoms with Crippen LogP contribution in [0.3, 0.4) is 0 Å². The Labute approximate surface area is 154 Å². The molecule has 2 N–H and O–H groups in total. The van der Waals surface area contributed by atoms with E-state index in [-0.39, 0.29) is 6.42 Å². The van der Waals surface area contributed by atoms with Gasteiger partial charge in [-0.2, -0.15) is 5.10 Å². The molecule has 0 fully saturated rings. The molecular weight excluding hydrogens is 350 g/mol. The molecule has 1 aliphatic rings. The van der Waals surface area contributed by atoms with Crippen molar-refractivity contribution in [3.05, 3.63) is 45.4 Å². The van der Waals surface area contributed by atoms with Gasteiger partial charge in [0.1, 0.15) is 11.7 Å². The van der Waals surface area contributed by atoms with E-state index < -0.39 is 11.9 Å². The molecule has 0 aliphatic carbocycles. The predicted molar refractivity (Wildman–Crippen MR) is 99.4 cm³/mol. The molecule has 0 saturated carbocycles. The molecule has 0 aromatic carbocycles. The lowest BCUT2D eigenvalue weighted by atomic mass is 9.99. The van der Waals surface area contributed by atoms with Crippen LogP contribution in [0.5, 0.6) is 0 Å². The fourth-order valence-corrected chi connectivity index (χ4v) is 4.59. The maximum atomic E-state index is 11.6. The molecule has 0 saturated heterocycles. The Balaban J connectivity index is 2.05. The third-order valence-corrected chi connectivity index (χ3v) is 5.90. The Hall–Kier alpha value is -2.74. The maximum absolute atomic E-state index is 11.6. The van der Waals surface area contributed by atoms with Gasteiger partial charge >= 0.3 is 0 Å². The summed E-state index contributed by atoms with van der Waals surface area (Å²) in [7, 11) is 1.87. The molecular formula is C18H19N5O2S. The van der Waals surface area contributed by atoms with E-state index >= 15 is 0 Å². The van der Waals surface area contributed by atoms with Crippen molar-refractivity contribution in [3.8, 4) is 10.4 Å². The zero-order valence-electron chi connectivity index (χ0n) is 15.0. The number of hydrogen-bond acceptors (Lipinski definition) is 6. The van der Waals surface area contributed by atoms with Gasteiger partial charge in [-0.05, 0) is 32.4 Å². The highest BCUT2D eigenvalue weighted by Gasteiger charge is 2.34. The predicted octanol–water partition coefficient (Wildman–Crippen LogP) is 2.83. The lowest BCUT2D eigenvalue weighted by Gasteiger charge is -2.09. The number of rotatable bonds is 3. The molecule has 26 heavy (non-hydrogen) atoms. The van der Waals surface area contributed by atoms with Crippen LogP contribution in [0.2, 0.25) is 0 Å². The SMILES string of the molecule is Cc1noc2c1-c1sc(C)c(C)c1C(c1ccn(C)n1)=NC2CC(N)=O. The first kappa shape index (κ1) is 16.7. The summed E-state index contributed by atoms with van der Waals surface area (Å²) in [6.07, 6.45) is 1.94. The highest BCUT2D eigenvalue weighted by molar-refractivity contribution is 7.16. The number of aromatic nitrogens is 3. The van der Waals surface area contributed by atoms with Gasteiger partial charge in [0.05, 0.1) is 23.4 Å². The number of carbonyl (C=O) groups excluding carboxylic acids is 1. The van der Waals surface area contributed by atoms with Crippen LogP contribution in [-0.2, 0) is 11.8 Å². The number of hydrogen-bond donors (Lipinski definition) is 1. The Morgan fingerprint density at radius 3 is 2.77 bits per heavy atom. The maximum Gasteiger partial charge on any atom is 0.220 e. The molecule has 8 heteroatoms. The van der Waals surface area contributed by atoms with E-state index in [2.05, 4.69) is 24.1 Å². The molecule has 7 nitrogen and oxygen atoms in total. The normalized spacial score (nSPS) is 16.0. The van der Waals surface area contributed by atoms with Crippen molar-refractivity contribution in [2.24, 2.45) is 17.8 Å². The van der Waals surface area contributed by atoms with E-state index in [4.69, 9.17) is 15.2 Å². The van der Waals surface area contributed by atoms with Gasteiger partial charge in [-0.3, -0.25) is 14.5 Å². The lowest BCUT2D eigenvalue weighted by Crippen LogP contribution is -2.15. The summed E-state index contributed by atoms with van der Waals surface area (Å²) in [5, 5.41) is 8.66.